The van der Waals surface area contributed by atoms with Gasteiger partial charge >= 0.3 is 6.03 Å². The number of rotatable bonds is 1. The molecule has 3 aromatic rings. The van der Waals surface area contributed by atoms with Crippen LogP contribution >= 0.6 is 0 Å². The minimum atomic E-state index is -0.304. The summed E-state index contributed by atoms with van der Waals surface area (Å²) < 4.78 is 16.0. The Morgan fingerprint density at radius 1 is 1.07 bits per heavy atom. The maximum Gasteiger partial charge on any atom is 0.321 e. The van der Waals surface area contributed by atoms with Crippen LogP contribution in [0.25, 0.3) is 5.69 Å². The number of nitrogens with zero attached hydrogens (tertiary/aromatic N) is 2. The molecule has 2 N–H and O–H groups in total. The van der Waals surface area contributed by atoms with Gasteiger partial charge in [-0.3, -0.25) is 0 Å². The molecule has 2 aliphatic rings. The minimum Gasteiger partial charge on any atom is -0.372 e. The van der Waals surface area contributed by atoms with Crippen LogP contribution in [0.1, 0.15) is 29.7 Å². The second-order valence-corrected chi connectivity index (χ2v) is 8.35. The molecule has 2 aliphatic heterocycles. The number of nitrogens with one attached hydrogen (secondary N) is 2. The fourth-order valence-electron chi connectivity index (χ4n) is 4.62. The number of hydrogen-bond acceptors (Lipinski definition) is 2. The summed E-state index contributed by atoms with van der Waals surface area (Å²) in [5.41, 5.74) is 5.79. The van der Waals surface area contributed by atoms with E-state index in [1.165, 1.54) is 11.6 Å². The lowest BCUT2D eigenvalue weighted by molar-refractivity contribution is 0.174. The molecular weight excluding hydrogens is 379 g/mol. The second kappa shape index (κ2) is 6.90. The van der Waals surface area contributed by atoms with E-state index in [2.05, 4.69) is 28.2 Å². The van der Waals surface area contributed by atoms with E-state index in [-0.39, 0.29) is 17.4 Å². The van der Waals surface area contributed by atoms with Gasteiger partial charge in [0.2, 0.25) is 0 Å². The van der Waals surface area contributed by atoms with Gasteiger partial charge in [0.1, 0.15) is 5.82 Å². The van der Waals surface area contributed by atoms with Gasteiger partial charge in [-0.1, -0.05) is 6.07 Å². The van der Waals surface area contributed by atoms with Gasteiger partial charge in [-0.15, -0.1) is 0 Å². The average molecular weight is 404 g/mol. The summed E-state index contributed by atoms with van der Waals surface area (Å²) in [6.07, 6.45) is 3.54. The molecule has 1 spiro atoms. The Labute approximate surface area is 175 Å². The first-order valence-corrected chi connectivity index (χ1v) is 10.3. The van der Waals surface area contributed by atoms with Crippen molar-refractivity contribution >= 4 is 17.4 Å². The molecule has 2 amide bonds. The Balaban J connectivity index is 1.34. The third-order valence-electron chi connectivity index (χ3n) is 6.49. The lowest BCUT2D eigenvalue weighted by Crippen LogP contribution is -2.51. The van der Waals surface area contributed by atoms with Gasteiger partial charge in [-0.25, -0.2) is 9.18 Å². The molecular formula is C24H25FN4O. The van der Waals surface area contributed by atoms with Crippen molar-refractivity contribution in [3.8, 4) is 5.69 Å². The lowest BCUT2D eigenvalue weighted by Gasteiger charge is -2.46. The molecule has 1 fully saturated rings. The minimum absolute atomic E-state index is 0.0780. The SMILES string of the molecule is Cc1ccc(NC(=O)N2CCC3(CC2)Nc2cc(F)ccc2-n2cccc23)cc1C. The second-order valence-electron chi connectivity index (χ2n) is 8.35. The number of halogens is 1. The summed E-state index contributed by atoms with van der Waals surface area (Å²) >= 11 is 0. The van der Waals surface area contributed by atoms with E-state index in [4.69, 9.17) is 0 Å². The molecule has 1 aromatic heterocycles. The zero-order valence-corrected chi connectivity index (χ0v) is 17.2. The third-order valence-corrected chi connectivity index (χ3v) is 6.49. The molecule has 0 atom stereocenters. The van der Waals surface area contributed by atoms with Crippen LogP contribution in [0, 0.1) is 19.7 Å². The number of carbonyl (C=O) groups excluding carboxylic acids is 1. The van der Waals surface area contributed by atoms with E-state index in [1.54, 1.807) is 12.1 Å². The molecule has 6 heteroatoms. The highest BCUT2D eigenvalue weighted by Gasteiger charge is 2.42. The zero-order chi connectivity index (χ0) is 20.9. The van der Waals surface area contributed by atoms with Crippen LogP contribution < -0.4 is 10.6 Å². The number of benzene rings is 2. The van der Waals surface area contributed by atoms with Gasteiger partial charge in [-0.2, -0.15) is 0 Å². The summed E-state index contributed by atoms with van der Waals surface area (Å²) in [4.78, 5) is 14.7. The molecule has 1 saturated heterocycles. The molecule has 0 radical (unpaired) electrons. The number of aryl methyl sites for hydroxylation is 2. The van der Waals surface area contributed by atoms with Crippen LogP contribution in [0.4, 0.5) is 20.6 Å². The quantitative estimate of drug-likeness (QED) is 0.587. The molecule has 2 aromatic carbocycles. The highest BCUT2D eigenvalue weighted by atomic mass is 19.1. The van der Waals surface area contributed by atoms with Gasteiger partial charge in [0.25, 0.3) is 0 Å². The number of fused-ring (bicyclic) bond motifs is 4. The molecule has 30 heavy (non-hydrogen) atoms. The van der Waals surface area contributed by atoms with Crippen LogP contribution in [0.3, 0.4) is 0 Å². The van der Waals surface area contributed by atoms with Gasteiger partial charge in [0.15, 0.2) is 0 Å². The predicted molar refractivity (Wildman–Crippen MR) is 117 cm³/mol. The Morgan fingerprint density at radius 2 is 1.87 bits per heavy atom. The number of anilines is 2. The Kier molecular flexibility index (Phi) is 4.31. The van der Waals surface area contributed by atoms with Crippen molar-refractivity contribution in [3.63, 3.8) is 0 Å². The topological polar surface area (TPSA) is 49.3 Å². The van der Waals surface area contributed by atoms with Crippen molar-refractivity contribution in [2.75, 3.05) is 23.7 Å². The van der Waals surface area contributed by atoms with Crippen molar-refractivity contribution in [2.45, 2.75) is 32.2 Å². The lowest BCUT2D eigenvalue weighted by atomic mass is 9.82. The van der Waals surface area contributed by atoms with E-state index < -0.39 is 0 Å². The third kappa shape index (κ3) is 3.03. The molecule has 3 heterocycles. The van der Waals surface area contributed by atoms with Gasteiger partial charge in [0.05, 0.1) is 16.9 Å². The molecule has 154 valence electrons. The van der Waals surface area contributed by atoms with E-state index in [0.29, 0.717) is 13.1 Å². The van der Waals surface area contributed by atoms with Crippen molar-refractivity contribution in [3.05, 3.63) is 77.4 Å². The van der Waals surface area contributed by atoms with Crippen molar-refractivity contribution < 1.29 is 9.18 Å². The fraction of sp³-hybridized carbons (Fsp3) is 0.292. The number of aromatic nitrogens is 1. The first-order valence-electron chi connectivity index (χ1n) is 10.3. The normalized spacial score (nSPS) is 16.6. The number of urea groups is 1. The number of carbonyl (C=O) groups is 1. The Bertz CT molecular complexity index is 1130. The largest absolute Gasteiger partial charge is 0.372 e. The van der Waals surface area contributed by atoms with E-state index >= 15 is 0 Å². The van der Waals surface area contributed by atoms with Crippen LogP contribution in [0.2, 0.25) is 0 Å². The van der Waals surface area contributed by atoms with Gasteiger partial charge < -0.3 is 20.1 Å². The van der Waals surface area contributed by atoms with Crippen LogP contribution in [-0.2, 0) is 5.54 Å². The fourth-order valence-corrected chi connectivity index (χ4v) is 4.62. The predicted octanol–water partition coefficient (Wildman–Crippen LogP) is 5.18. The van der Waals surface area contributed by atoms with Crippen molar-refractivity contribution in [2.24, 2.45) is 0 Å². The van der Waals surface area contributed by atoms with E-state index in [1.807, 2.05) is 42.3 Å². The maximum absolute atomic E-state index is 13.9. The van der Waals surface area contributed by atoms with Crippen LogP contribution in [0.15, 0.2) is 54.7 Å². The highest BCUT2D eigenvalue weighted by molar-refractivity contribution is 5.89. The summed E-state index contributed by atoms with van der Waals surface area (Å²) in [5, 5.41) is 6.62. The molecule has 5 nitrogen and oxygen atoms in total. The molecule has 0 saturated carbocycles. The summed E-state index contributed by atoms with van der Waals surface area (Å²) in [6.45, 7) is 5.35. The van der Waals surface area contributed by atoms with Crippen LogP contribution in [0.5, 0.6) is 0 Å². The zero-order valence-electron chi connectivity index (χ0n) is 17.2. The summed E-state index contributed by atoms with van der Waals surface area (Å²) in [5.74, 6) is -0.253. The molecule has 0 unspecified atom stereocenters. The van der Waals surface area contributed by atoms with Crippen LogP contribution in [-0.4, -0.2) is 28.6 Å². The summed E-state index contributed by atoms with van der Waals surface area (Å²) in [6, 6.07) is 14.9. The van der Waals surface area contributed by atoms with E-state index in [9.17, 15) is 9.18 Å². The molecule has 0 bridgehead atoms. The smallest absolute Gasteiger partial charge is 0.321 e. The standard InChI is InChI=1S/C24H25FN4O/c1-16-5-7-19(14-17(16)2)26-23(30)28-12-9-24(10-13-28)22-4-3-11-29(22)21-8-6-18(25)15-20(21)27-24/h3-8,11,14-15,27H,9-10,12-13H2,1-2H3,(H,26,30). The Morgan fingerprint density at radius 3 is 2.63 bits per heavy atom. The van der Waals surface area contributed by atoms with Crippen molar-refractivity contribution in [1.29, 1.82) is 0 Å². The number of piperidine rings is 1. The Hall–Kier alpha value is -3.28. The first kappa shape index (κ1) is 18.7. The molecule has 0 aliphatic carbocycles. The van der Waals surface area contributed by atoms with E-state index in [0.717, 1.165) is 41.2 Å². The average Bonchev–Trinajstić information content (AvgIpc) is 3.22. The van der Waals surface area contributed by atoms with Gasteiger partial charge in [0, 0.05) is 30.7 Å². The number of hydrogen-bond donors (Lipinski definition) is 2. The number of likely N-dealkylation sites (tertiary alicyclic amines) is 1. The monoisotopic (exact) mass is 404 g/mol. The highest BCUT2D eigenvalue weighted by Crippen LogP contribution is 2.43. The molecule has 5 rings (SSSR count). The summed E-state index contributed by atoms with van der Waals surface area (Å²) in [7, 11) is 0. The first-order chi connectivity index (χ1) is 14.4. The van der Waals surface area contributed by atoms with Crippen molar-refractivity contribution in [1.82, 2.24) is 9.47 Å². The number of amides is 2. The van der Waals surface area contributed by atoms with Gasteiger partial charge in [-0.05, 0) is 80.3 Å². The maximum atomic E-state index is 13.9.